The molecule has 1 fully saturated rings. The molecule has 1 aliphatic rings. The summed E-state index contributed by atoms with van der Waals surface area (Å²) in [6.45, 7) is 0. The lowest BCUT2D eigenvalue weighted by atomic mass is 10.4. The molecule has 7 heteroatoms. The number of benzene rings is 6. The maximum atomic E-state index is 3.12. The number of hydrogen-bond acceptors (Lipinski definition) is 3. The fraction of sp³-hybridized carbons (Fsp3) is 0. The first-order valence-electron chi connectivity index (χ1n) is 13.5. The third-order valence-electron chi connectivity index (χ3n) is 4.38. The highest BCUT2D eigenvalue weighted by Crippen LogP contribution is 2.23. The number of nitrogens with one attached hydrogen (secondary N) is 3. The molecule has 4 nitrogen and oxygen atoms in total. The molecule has 0 atom stereocenters. The van der Waals surface area contributed by atoms with Crippen molar-refractivity contribution in [2.45, 2.75) is 0 Å². The van der Waals surface area contributed by atoms with Gasteiger partial charge < -0.3 is 5.48 Å². The lowest BCUT2D eigenvalue weighted by Gasteiger charge is -2.12. The number of hydrogen-bond donors (Lipinski definition) is 3. The van der Waals surface area contributed by atoms with E-state index in [0.717, 1.165) is 26.6 Å². The topological polar surface area (TPSA) is 67.6 Å². The molecule has 6 aromatic rings. The van der Waals surface area contributed by atoms with Gasteiger partial charge in [0.2, 0.25) is 0 Å². The summed E-state index contributed by atoms with van der Waals surface area (Å²) >= 11 is 0. The predicted molar refractivity (Wildman–Crippen MR) is 197 cm³/mol. The summed E-state index contributed by atoms with van der Waals surface area (Å²) in [4.78, 5) is 9.38. The van der Waals surface area contributed by atoms with Crippen molar-refractivity contribution in [2.24, 2.45) is 0 Å². The van der Waals surface area contributed by atoms with Gasteiger partial charge in [-0.1, -0.05) is 218 Å². The lowest BCUT2D eigenvalue weighted by Crippen LogP contribution is -2.07. The summed E-state index contributed by atoms with van der Waals surface area (Å²) in [6.07, 6.45) is 0. The van der Waals surface area contributed by atoms with Crippen molar-refractivity contribution < 1.29 is 5.48 Å². The second-order valence-electron chi connectivity index (χ2n) is 7.68. The molecule has 7 rings (SSSR count). The van der Waals surface area contributed by atoms with E-state index in [9.17, 15) is 0 Å². The van der Waals surface area contributed by atoms with Gasteiger partial charge in [-0.25, -0.2) is 0 Å². The molecule has 6 aromatic carbocycles. The van der Waals surface area contributed by atoms with Gasteiger partial charge in [-0.3, -0.25) is 14.6 Å². The Morgan fingerprint density at radius 3 is 0.279 bits per heavy atom. The fourth-order valence-corrected chi connectivity index (χ4v) is 5.68. The van der Waals surface area contributed by atoms with Crippen molar-refractivity contribution in [1.29, 1.82) is 0 Å². The van der Waals surface area contributed by atoms with Gasteiger partial charge in [0.25, 0.3) is 0 Å². The molecule has 1 heterocycles. The molecular weight excluding hydrogens is 583 g/mol. The van der Waals surface area contributed by atoms with E-state index in [-0.39, 0.29) is 5.48 Å². The summed E-state index contributed by atoms with van der Waals surface area (Å²) < 4.78 is 0. The van der Waals surface area contributed by atoms with Crippen LogP contribution in [0.1, 0.15) is 0 Å². The predicted octanol–water partition coefficient (Wildman–Crippen LogP) is 9.59. The molecule has 0 aliphatic carbocycles. The van der Waals surface area contributed by atoms with E-state index < -0.39 is 0 Å². The van der Waals surface area contributed by atoms with Crippen LogP contribution in [-0.4, -0.2) is 5.48 Å². The molecule has 0 saturated carbocycles. The van der Waals surface area contributed by atoms with Crippen LogP contribution in [0.4, 0.5) is 0 Å². The summed E-state index contributed by atoms with van der Waals surface area (Å²) in [5.74, 6) is 0. The minimum absolute atomic E-state index is 0. The Morgan fingerprint density at radius 2 is 0.233 bits per heavy atom. The fourth-order valence-electron chi connectivity index (χ4n) is 2.50. The minimum atomic E-state index is 0. The average molecular weight is 628 g/mol. The molecule has 0 amide bonds. The summed E-state index contributed by atoms with van der Waals surface area (Å²) in [5.41, 5.74) is 0. The quantitative estimate of drug-likeness (QED) is 0.147. The average Bonchev–Trinajstić information content (AvgIpc) is 3.15. The first-order chi connectivity index (χ1) is 21.0. The smallest absolute Gasteiger partial charge is 0.0273 e. The van der Waals surface area contributed by atoms with Gasteiger partial charge in [0.15, 0.2) is 0 Å². The van der Waals surface area contributed by atoms with Crippen LogP contribution in [0.5, 0.6) is 0 Å². The van der Waals surface area contributed by atoms with Crippen molar-refractivity contribution in [3.63, 3.8) is 0 Å². The van der Waals surface area contributed by atoms with Crippen LogP contribution in [0.15, 0.2) is 218 Å². The van der Waals surface area contributed by atoms with Crippen LogP contribution in [0, 0.1) is 0 Å². The van der Waals surface area contributed by atoms with E-state index >= 15 is 0 Å². The normalized spacial score (nSPS) is 11.7. The van der Waals surface area contributed by atoms with Crippen LogP contribution in [0.3, 0.4) is 0 Å². The lowest BCUT2D eigenvalue weighted by molar-refractivity contribution is 0.824. The highest BCUT2D eigenvalue weighted by Gasteiger charge is 1.90. The van der Waals surface area contributed by atoms with Crippen LogP contribution < -0.4 is 14.6 Å². The Kier molecular flexibility index (Phi) is 33.5. The first kappa shape index (κ1) is 39.5. The molecule has 0 aromatic heterocycles. The van der Waals surface area contributed by atoms with E-state index in [1.807, 2.05) is 218 Å². The third-order valence-corrected chi connectivity index (χ3v) is 7.38. The molecule has 0 unspecified atom stereocenters. The van der Waals surface area contributed by atoms with E-state index in [2.05, 4.69) is 14.6 Å². The SMILES string of the molecule is N1PNPNP1.O.c1ccccc1.c1ccccc1.c1ccccc1.c1ccccc1.c1ccccc1.c1ccccc1. The second kappa shape index (κ2) is 36.5. The zero-order valence-corrected chi connectivity index (χ0v) is 27.3. The molecule has 0 radical (unpaired) electrons. The maximum Gasteiger partial charge on any atom is 0.0273 e. The van der Waals surface area contributed by atoms with Crippen molar-refractivity contribution >= 4 is 26.6 Å². The summed E-state index contributed by atoms with van der Waals surface area (Å²) in [6, 6.07) is 72.0. The molecule has 1 saturated heterocycles. The monoisotopic (exact) mass is 627 g/mol. The summed E-state index contributed by atoms with van der Waals surface area (Å²) in [7, 11) is 2.29. The first-order valence-corrected chi connectivity index (χ1v) is 16.5. The maximum absolute atomic E-state index is 3.12. The molecule has 43 heavy (non-hydrogen) atoms. The van der Waals surface area contributed by atoms with Crippen molar-refractivity contribution in [3.05, 3.63) is 218 Å². The largest absolute Gasteiger partial charge is 0.412 e. The van der Waals surface area contributed by atoms with E-state index in [1.54, 1.807) is 0 Å². The Labute approximate surface area is 264 Å². The Balaban J connectivity index is 0.000000477. The Bertz CT molecular complexity index is 795. The zero-order chi connectivity index (χ0) is 29.7. The third kappa shape index (κ3) is 34.6. The van der Waals surface area contributed by atoms with E-state index in [1.165, 1.54) is 0 Å². The van der Waals surface area contributed by atoms with Gasteiger partial charge in [0.05, 0.1) is 0 Å². The van der Waals surface area contributed by atoms with Gasteiger partial charge in [-0.2, -0.15) is 0 Å². The summed E-state index contributed by atoms with van der Waals surface area (Å²) in [5, 5.41) is 0. The molecule has 0 bridgehead atoms. The van der Waals surface area contributed by atoms with Crippen molar-refractivity contribution in [1.82, 2.24) is 14.6 Å². The van der Waals surface area contributed by atoms with Gasteiger partial charge in [0, 0.05) is 26.6 Å². The molecule has 1 aliphatic heterocycles. The van der Waals surface area contributed by atoms with E-state index in [4.69, 9.17) is 0 Å². The molecule has 0 spiro atoms. The van der Waals surface area contributed by atoms with Crippen LogP contribution >= 0.6 is 26.6 Å². The highest BCUT2D eigenvalue weighted by atomic mass is 31.2. The Hall–Kier alpha value is -3.55. The molecule has 5 N–H and O–H groups in total. The van der Waals surface area contributed by atoms with Crippen molar-refractivity contribution in [2.75, 3.05) is 0 Å². The number of rotatable bonds is 0. The van der Waals surface area contributed by atoms with Crippen molar-refractivity contribution in [3.8, 4) is 0 Å². The van der Waals surface area contributed by atoms with Crippen LogP contribution in [0.2, 0.25) is 0 Å². The van der Waals surface area contributed by atoms with Gasteiger partial charge in [-0.15, -0.1) is 0 Å². The Morgan fingerprint density at radius 1 is 0.163 bits per heavy atom. The zero-order valence-electron chi connectivity index (χ0n) is 24.3. The van der Waals surface area contributed by atoms with Gasteiger partial charge in [0.1, 0.15) is 0 Å². The van der Waals surface area contributed by atoms with Gasteiger partial charge in [-0.05, 0) is 0 Å². The highest BCUT2D eigenvalue weighted by molar-refractivity contribution is 7.65. The van der Waals surface area contributed by atoms with Crippen LogP contribution in [-0.2, 0) is 0 Å². The van der Waals surface area contributed by atoms with E-state index in [0.29, 0.717) is 0 Å². The standard InChI is InChI=1S/6C6H6.H6N3P3.H2O/c6*1-2-4-6-5-3-1;1-4-2-6-3-5-1;/h7*1-6H;1H2. The molecular formula is C36H44N3OP3. The van der Waals surface area contributed by atoms with Gasteiger partial charge >= 0.3 is 0 Å². The minimum Gasteiger partial charge on any atom is -0.412 e. The second-order valence-corrected chi connectivity index (χ2v) is 11.4. The molecule has 224 valence electrons. The van der Waals surface area contributed by atoms with Crippen LogP contribution in [0.25, 0.3) is 0 Å².